The summed E-state index contributed by atoms with van der Waals surface area (Å²) in [7, 11) is 0. The molecule has 2 nitrogen and oxygen atoms in total. The molecule has 0 atom stereocenters. The van der Waals surface area contributed by atoms with Gasteiger partial charge in [-0.2, -0.15) is 26.3 Å². The zero-order valence-electron chi connectivity index (χ0n) is 11.3. The zero-order valence-corrected chi connectivity index (χ0v) is 12.1. The predicted molar refractivity (Wildman–Crippen MR) is 75.8 cm³/mol. The first-order valence-corrected chi connectivity index (χ1v) is 6.91. The van der Waals surface area contributed by atoms with Crippen molar-refractivity contribution in [3.05, 3.63) is 47.5 Å². The lowest BCUT2D eigenvalue weighted by Crippen LogP contribution is -2.08. The SMILES string of the molecule is Nc1cc(Sc2ccc(N)c(C(F)(F)F)c2)cc(C(F)(F)F)c1. The molecule has 0 amide bonds. The quantitative estimate of drug-likeness (QED) is 0.588. The van der Waals surface area contributed by atoms with Gasteiger partial charge in [-0.15, -0.1) is 0 Å². The number of halogens is 6. The maximum absolute atomic E-state index is 12.8. The van der Waals surface area contributed by atoms with Crippen LogP contribution in [0.4, 0.5) is 37.7 Å². The van der Waals surface area contributed by atoms with Gasteiger partial charge in [0.25, 0.3) is 0 Å². The first-order chi connectivity index (χ1) is 10.5. The number of rotatable bonds is 2. The van der Waals surface area contributed by atoms with Gasteiger partial charge in [0.2, 0.25) is 0 Å². The van der Waals surface area contributed by atoms with E-state index in [1.807, 2.05) is 0 Å². The van der Waals surface area contributed by atoms with E-state index in [2.05, 4.69) is 0 Å². The Bertz CT molecular complexity index is 724. The normalized spacial score (nSPS) is 12.4. The minimum absolute atomic E-state index is 0.0789. The molecule has 2 aromatic rings. The van der Waals surface area contributed by atoms with E-state index in [1.54, 1.807) is 0 Å². The smallest absolute Gasteiger partial charge is 0.399 e. The van der Waals surface area contributed by atoms with Crippen molar-refractivity contribution in [2.45, 2.75) is 22.1 Å². The van der Waals surface area contributed by atoms with E-state index in [9.17, 15) is 26.3 Å². The number of hydrogen-bond donors (Lipinski definition) is 2. The molecule has 124 valence electrons. The molecule has 0 heterocycles. The van der Waals surface area contributed by atoms with Crippen LogP contribution in [-0.4, -0.2) is 0 Å². The van der Waals surface area contributed by atoms with Gasteiger partial charge in [-0.05, 0) is 36.4 Å². The molecule has 23 heavy (non-hydrogen) atoms. The fourth-order valence-corrected chi connectivity index (χ4v) is 2.79. The van der Waals surface area contributed by atoms with Crippen molar-refractivity contribution >= 4 is 23.1 Å². The molecule has 0 bridgehead atoms. The minimum atomic E-state index is -4.65. The third kappa shape index (κ3) is 4.25. The van der Waals surface area contributed by atoms with Crippen molar-refractivity contribution in [2.24, 2.45) is 0 Å². The molecule has 2 rings (SSSR count). The summed E-state index contributed by atoms with van der Waals surface area (Å²) in [6.07, 6.45) is -9.24. The van der Waals surface area contributed by atoms with Crippen molar-refractivity contribution in [1.82, 2.24) is 0 Å². The Balaban J connectivity index is 2.39. The maximum atomic E-state index is 12.8. The number of nitrogens with two attached hydrogens (primary N) is 2. The number of anilines is 2. The van der Waals surface area contributed by atoms with Gasteiger partial charge in [0.05, 0.1) is 11.1 Å². The van der Waals surface area contributed by atoms with Crippen LogP contribution in [0.5, 0.6) is 0 Å². The summed E-state index contributed by atoms with van der Waals surface area (Å²) in [6.45, 7) is 0. The number of hydrogen-bond acceptors (Lipinski definition) is 3. The van der Waals surface area contributed by atoms with Crippen LogP contribution in [-0.2, 0) is 12.4 Å². The average molecular weight is 352 g/mol. The first-order valence-electron chi connectivity index (χ1n) is 6.09. The summed E-state index contributed by atoms with van der Waals surface area (Å²) in [6, 6.07) is 5.98. The van der Waals surface area contributed by atoms with E-state index in [-0.39, 0.29) is 15.5 Å². The second-order valence-electron chi connectivity index (χ2n) is 4.64. The van der Waals surface area contributed by atoms with Crippen LogP contribution in [0.3, 0.4) is 0 Å². The van der Waals surface area contributed by atoms with Gasteiger partial charge in [-0.1, -0.05) is 11.8 Å². The summed E-state index contributed by atoms with van der Waals surface area (Å²) in [5.41, 5.74) is 8.11. The second-order valence-corrected chi connectivity index (χ2v) is 5.78. The molecule has 0 unspecified atom stereocenters. The number of benzene rings is 2. The summed E-state index contributed by atoms with van der Waals surface area (Å²) < 4.78 is 76.6. The van der Waals surface area contributed by atoms with Crippen molar-refractivity contribution in [2.75, 3.05) is 11.5 Å². The van der Waals surface area contributed by atoms with E-state index in [0.29, 0.717) is 0 Å². The topological polar surface area (TPSA) is 52.0 Å². The molecular weight excluding hydrogens is 342 g/mol. The fourth-order valence-electron chi connectivity index (χ4n) is 1.83. The van der Waals surface area contributed by atoms with Crippen LogP contribution >= 0.6 is 11.8 Å². The molecule has 0 aromatic heterocycles. The lowest BCUT2D eigenvalue weighted by atomic mass is 10.2. The van der Waals surface area contributed by atoms with Crippen molar-refractivity contribution in [3.63, 3.8) is 0 Å². The van der Waals surface area contributed by atoms with Gasteiger partial charge >= 0.3 is 12.4 Å². The van der Waals surface area contributed by atoms with Crippen molar-refractivity contribution < 1.29 is 26.3 Å². The van der Waals surface area contributed by atoms with Crippen LogP contribution in [0.2, 0.25) is 0 Å². The first kappa shape index (κ1) is 17.3. The highest BCUT2D eigenvalue weighted by molar-refractivity contribution is 7.99. The van der Waals surface area contributed by atoms with Crippen LogP contribution in [0.1, 0.15) is 11.1 Å². The summed E-state index contributed by atoms with van der Waals surface area (Å²) in [5, 5.41) is 0. The largest absolute Gasteiger partial charge is 0.418 e. The summed E-state index contributed by atoms with van der Waals surface area (Å²) >= 11 is 0.735. The highest BCUT2D eigenvalue weighted by atomic mass is 32.2. The molecule has 0 spiro atoms. The molecule has 0 saturated heterocycles. The highest BCUT2D eigenvalue weighted by Crippen LogP contribution is 2.39. The third-order valence-corrected chi connectivity index (χ3v) is 3.78. The van der Waals surface area contributed by atoms with E-state index in [4.69, 9.17) is 11.5 Å². The van der Waals surface area contributed by atoms with Crippen molar-refractivity contribution in [1.29, 1.82) is 0 Å². The molecule has 2 aromatic carbocycles. The predicted octanol–water partition coefficient (Wildman–Crippen LogP) is 5.04. The van der Waals surface area contributed by atoms with Gasteiger partial charge in [-0.3, -0.25) is 0 Å². The van der Waals surface area contributed by atoms with E-state index < -0.39 is 29.2 Å². The highest BCUT2D eigenvalue weighted by Gasteiger charge is 2.33. The van der Waals surface area contributed by atoms with Crippen LogP contribution < -0.4 is 11.5 Å². The Morgan fingerprint density at radius 2 is 1.39 bits per heavy atom. The van der Waals surface area contributed by atoms with Crippen LogP contribution in [0, 0.1) is 0 Å². The molecule has 0 aliphatic carbocycles. The Kier molecular flexibility index (Phi) is 4.43. The van der Waals surface area contributed by atoms with Gasteiger partial charge < -0.3 is 11.5 Å². The van der Waals surface area contributed by atoms with Crippen molar-refractivity contribution in [3.8, 4) is 0 Å². The fraction of sp³-hybridized carbons (Fsp3) is 0.143. The number of nitrogen functional groups attached to an aromatic ring is 2. The maximum Gasteiger partial charge on any atom is 0.418 e. The average Bonchev–Trinajstić information content (AvgIpc) is 2.38. The Hall–Kier alpha value is -2.03. The number of alkyl halides is 6. The summed E-state index contributed by atoms with van der Waals surface area (Å²) in [4.78, 5) is 0.181. The lowest BCUT2D eigenvalue weighted by Gasteiger charge is -2.13. The molecular formula is C14H10F6N2S. The standard InChI is InChI=1S/C14H10F6N2S/c15-13(16,17)7-3-8(21)5-10(4-7)23-9-1-2-12(22)11(6-9)14(18,19)20/h1-6H,21-22H2. The van der Waals surface area contributed by atoms with Crippen LogP contribution in [0.25, 0.3) is 0 Å². The van der Waals surface area contributed by atoms with Gasteiger partial charge in [-0.25, -0.2) is 0 Å². The monoisotopic (exact) mass is 352 g/mol. The summed E-state index contributed by atoms with van der Waals surface area (Å²) in [5.74, 6) is 0. The Labute approximate surface area is 131 Å². The minimum Gasteiger partial charge on any atom is -0.399 e. The van der Waals surface area contributed by atoms with E-state index in [1.165, 1.54) is 12.1 Å². The van der Waals surface area contributed by atoms with Crippen LogP contribution in [0.15, 0.2) is 46.2 Å². The molecule has 0 fully saturated rings. The molecule has 0 saturated carbocycles. The zero-order chi connectivity index (χ0) is 17.4. The third-order valence-electron chi connectivity index (χ3n) is 2.82. The van der Waals surface area contributed by atoms with Gasteiger partial charge in [0.15, 0.2) is 0 Å². The van der Waals surface area contributed by atoms with E-state index >= 15 is 0 Å². The Morgan fingerprint density at radius 1 is 0.739 bits per heavy atom. The molecule has 4 N–H and O–H groups in total. The molecule has 0 aliphatic rings. The Morgan fingerprint density at radius 3 is 1.96 bits per heavy atom. The van der Waals surface area contributed by atoms with E-state index in [0.717, 1.165) is 36.0 Å². The molecule has 0 radical (unpaired) electrons. The lowest BCUT2D eigenvalue weighted by molar-refractivity contribution is -0.138. The molecule has 9 heteroatoms. The molecule has 0 aliphatic heterocycles. The van der Waals surface area contributed by atoms with Gasteiger partial charge in [0, 0.05) is 21.2 Å². The van der Waals surface area contributed by atoms with Gasteiger partial charge in [0.1, 0.15) is 0 Å². The second kappa shape index (κ2) is 5.88.